The Hall–Kier alpha value is -3.43. The first-order valence-electron chi connectivity index (χ1n) is 9.48. The van der Waals surface area contributed by atoms with E-state index in [4.69, 9.17) is 24.7 Å². The minimum Gasteiger partial charge on any atom is -0.493 e. The van der Waals surface area contributed by atoms with E-state index < -0.39 is 0 Å². The summed E-state index contributed by atoms with van der Waals surface area (Å²) in [5.74, 6) is 2.17. The normalized spacial score (nSPS) is 12.4. The van der Waals surface area contributed by atoms with Gasteiger partial charge < -0.3 is 40.3 Å². The smallest absolute Gasteiger partial charge is 0.259 e. The van der Waals surface area contributed by atoms with Gasteiger partial charge in [-0.05, 0) is 25.2 Å². The number of fused-ring (bicyclic) bond motifs is 2. The Morgan fingerprint density at radius 2 is 1.73 bits per heavy atom. The summed E-state index contributed by atoms with van der Waals surface area (Å²) >= 11 is 0. The van der Waals surface area contributed by atoms with Crippen molar-refractivity contribution in [3.8, 4) is 34.3 Å². The third-order valence-corrected chi connectivity index (χ3v) is 5.27. The molecule has 0 radical (unpaired) electrons. The molecule has 1 aliphatic rings. The molecule has 0 spiro atoms. The first-order chi connectivity index (χ1) is 14.5. The number of nitrogens with zero attached hydrogens (tertiary/aromatic N) is 1. The number of likely N-dealkylation sites (N-methyl/N-ethyl adjacent to an activating group) is 1. The molecule has 9 heteroatoms. The first kappa shape index (κ1) is 19.9. The number of nitrogens with one attached hydrogen (secondary N) is 1. The number of methoxy groups -OCH3 is 2. The number of anilines is 1. The Balaban J connectivity index is 2.07. The molecule has 6 N–H and O–H groups in total. The lowest BCUT2D eigenvalue weighted by Gasteiger charge is -2.18. The minimum absolute atomic E-state index is 0.136. The molecule has 0 bridgehead atoms. The molecule has 1 aromatic heterocycles. The van der Waals surface area contributed by atoms with Gasteiger partial charge in [0.2, 0.25) is 6.79 Å². The molecule has 158 valence electrons. The summed E-state index contributed by atoms with van der Waals surface area (Å²) < 4.78 is 23.4. The molecule has 0 atom stereocenters. The molecule has 4 rings (SSSR count). The summed E-state index contributed by atoms with van der Waals surface area (Å²) in [7, 11) is 4.92. The number of hydrogen-bond acceptors (Lipinski definition) is 7. The van der Waals surface area contributed by atoms with E-state index in [1.165, 1.54) is 7.11 Å². The molecule has 0 saturated heterocycles. The average Bonchev–Trinajstić information content (AvgIpc) is 3.21. The highest BCUT2D eigenvalue weighted by Gasteiger charge is 2.25. The summed E-state index contributed by atoms with van der Waals surface area (Å²) in [6.07, 6.45) is 0. The van der Waals surface area contributed by atoms with Gasteiger partial charge >= 0.3 is 0 Å². The second kappa shape index (κ2) is 7.77. The quantitative estimate of drug-likeness (QED) is 0.517. The number of pyridine rings is 1. The van der Waals surface area contributed by atoms with Gasteiger partial charge in [-0.25, -0.2) is 0 Å². The van der Waals surface area contributed by atoms with Crippen LogP contribution in [0.4, 0.5) is 11.4 Å². The van der Waals surface area contributed by atoms with Crippen molar-refractivity contribution in [3.05, 3.63) is 34.6 Å². The summed E-state index contributed by atoms with van der Waals surface area (Å²) in [6, 6.07) is 6.97. The highest BCUT2D eigenvalue weighted by Crippen LogP contribution is 2.43. The summed E-state index contributed by atoms with van der Waals surface area (Å²) in [6.45, 7) is 1.16. The van der Waals surface area contributed by atoms with Crippen LogP contribution in [-0.2, 0) is 6.54 Å². The van der Waals surface area contributed by atoms with Crippen LogP contribution >= 0.6 is 0 Å². The van der Waals surface area contributed by atoms with E-state index in [1.54, 1.807) is 35.9 Å². The van der Waals surface area contributed by atoms with Crippen molar-refractivity contribution in [2.75, 3.05) is 40.3 Å². The zero-order valence-electron chi connectivity index (χ0n) is 17.2. The van der Waals surface area contributed by atoms with Gasteiger partial charge in [-0.15, -0.1) is 0 Å². The van der Waals surface area contributed by atoms with Crippen LogP contribution in [0.1, 0.15) is 0 Å². The van der Waals surface area contributed by atoms with Crippen molar-refractivity contribution in [2.45, 2.75) is 6.54 Å². The lowest BCUT2D eigenvalue weighted by molar-refractivity contribution is -0.252. The molecule has 9 nitrogen and oxygen atoms in total. The molecule has 0 aliphatic carbocycles. The maximum absolute atomic E-state index is 13.5. The molecule has 0 unspecified atom stereocenters. The van der Waals surface area contributed by atoms with Gasteiger partial charge in [0.15, 0.2) is 28.7 Å². The topological polar surface area (TPSA) is 125 Å². The number of hydrogen-bond donors (Lipinski definition) is 3. The van der Waals surface area contributed by atoms with Crippen LogP contribution < -0.4 is 41.3 Å². The fourth-order valence-corrected chi connectivity index (χ4v) is 3.75. The number of quaternary nitrogens is 1. The van der Waals surface area contributed by atoms with Crippen LogP contribution in [0.15, 0.2) is 29.1 Å². The van der Waals surface area contributed by atoms with E-state index >= 15 is 0 Å². The van der Waals surface area contributed by atoms with Crippen molar-refractivity contribution in [3.63, 3.8) is 0 Å². The van der Waals surface area contributed by atoms with E-state index in [-0.39, 0.29) is 12.4 Å². The SMILES string of the molecule is CNCCn1c(-c2cc3c(cc2N)OCO3)c([NH3+])c2cc(OC)c(OC)cc2c1=O. The van der Waals surface area contributed by atoms with Gasteiger partial charge in [0.05, 0.1) is 25.0 Å². The number of nitrogen functional groups attached to an aromatic ring is 1. The maximum atomic E-state index is 13.5. The Labute approximate surface area is 173 Å². The van der Waals surface area contributed by atoms with Crippen molar-refractivity contribution in [1.29, 1.82) is 0 Å². The number of benzene rings is 2. The van der Waals surface area contributed by atoms with Crippen LogP contribution in [0.2, 0.25) is 0 Å². The van der Waals surface area contributed by atoms with Crippen LogP contribution in [0.3, 0.4) is 0 Å². The van der Waals surface area contributed by atoms with Gasteiger partial charge in [-0.3, -0.25) is 4.79 Å². The highest BCUT2D eigenvalue weighted by molar-refractivity contribution is 5.99. The van der Waals surface area contributed by atoms with Crippen molar-refractivity contribution < 1.29 is 24.7 Å². The zero-order chi connectivity index (χ0) is 21.4. The van der Waals surface area contributed by atoms with Crippen molar-refractivity contribution in [2.24, 2.45) is 0 Å². The molecular weight excluding hydrogens is 388 g/mol. The van der Waals surface area contributed by atoms with E-state index in [0.717, 1.165) is 0 Å². The second-order valence-electron chi connectivity index (χ2n) is 6.93. The zero-order valence-corrected chi connectivity index (χ0v) is 17.2. The van der Waals surface area contributed by atoms with E-state index in [0.29, 0.717) is 69.5 Å². The largest absolute Gasteiger partial charge is 0.493 e. The molecule has 0 fully saturated rings. The summed E-state index contributed by atoms with van der Waals surface area (Å²) in [5, 5.41) is 4.25. The second-order valence-corrected chi connectivity index (χ2v) is 6.93. The lowest BCUT2D eigenvalue weighted by Crippen LogP contribution is -2.44. The van der Waals surface area contributed by atoms with Crippen LogP contribution in [0.5, 0.6) is 23.0 Å². The Morgan fingerprint density at radius 3 is 2.37 bits per heavy atom. The minimum atomic E-state index is -0.166. The van der Waals surface area contributed by atoms with Gasteiger partial charge in [0.1, 0.15) is 5.69 Å². The molecule has 2 aromatic carbocycles. The summed E-state index contributed by atoms with van der Waals surface area (Å²) in [4.78, 5) is 13.5. The Kier molecular flexibility index (Phi) is 5.15. The number of rotatable bonds is 6. The van der Waals surface area contributed by atoms with Gasteiger partial charge in [0, 0.05) is 30.4 Å². The Morgan fingerprint density at radius 1 is 1.10 bits per heavy atom. The van der Waals surface area contributed by atoms with Crippen molar-refractivity contribution >= 4 is 22.1 Å². The van der Waals surface area contributed by atoms with E-state index in [9.17, 15) is 4.79 Å². The third kappa shape index (κ3) is 3.08. The van der Waals surface area contributed by atoms with E-state index in [2.05, 4.69) is 11.1 Å². The fourth-order valence-electron chi connectivity index (χ4n) is 3.75. The van der Waals surface area contributed by atoms with Crippen LogP contribution in [0, 0.1) is 0 Å². The fraction of sp³-hybridized carbons (Fsp3) is 0.286. The van der Waals surface area contributed by atoms with Gasteiger partial charge in [-0.1, -0.05) is 0 Å². The van der Waals surface area contributed by atoms with E-state index in [1.807, 2.05) is 7.05 Å². The number of nitrogens with two attached hydrogens (primary N) is 1. The molecule has 3 aromatic rings. The maximum Gasteiger partial charge on any atom is 0.259 e. The van der Waals surface area contributed by atoms with Crippen LogP contribution in [-0.4, -0.2) is 39.2 Å². The molecule has 30 heavy (non-hydrogen) atoms. The molecular formula is C21H25N4O5+. The lowest BCUT2D eigenvalue weighted by atomic mass is 10.0. The Bertz CT molecular complexity index is 1190. The predicted molar refractivity (Wildman–Crippen MR) is 114 cm³/mol. The summed E-state index contributed by atoms with van der Waals surface area (Å²) in [5.41, 5.74) is 12.9. The number of ether oxygens (including phenoxy) is 4. The number of aromatic nitrogens is 1. The van der Waals surface area contributed by atoms with Gasteiger partial charge in [0.25, 0.3) is 5.56 Å². The molecule has 0 amide bonds. The molecule has 0 saturated carbocycles. The monoisotopic (exact) mass is 413 g/mol. The average molecular weight is 413 g/mol. The van der Waals surface area contributed by atoms with Gasteiger partial charge in [-0.2, -0.15) is 0 Å². The van der Waals surface area contributed by atoms with Crippen molar-refractivity contribution in [1.82, 2.24) is 9.88 Å². The molecule has 1 aliphatic heterocycles. The standard InChI is InChI=1S/C21H24N4O5/c1-24-4-5-25-20(13-8-17-18(9-14(13)22)30-10-29-17)19(23)11-6-15(27-2)16(28-3)7-12(11)21(25)26/h6-9,24H,4-5,10,22-23H2,1-3H3/p+1. The highest BCUT2D eigenvalue weighted by atomic mass is 16.7. The third-order valence-electron chi connectivity index (χ3n) is 5.27. The first-order valence-corrected chi connectivity index (χ1v) is 9.48. The van der Waals surface area contributed by atoms with Crippen LogP contribution in [0.25, 0.3) is 22.0 Å². The molecule has 2 heterocycles. The predicted octanol–water partition coefficient (Wildman–Crippen LogP) is 1.09.